The molecule has 1 unspecified atom stereocenters. The second-order valence-corrected chi connectivity index (χ2v) is 7.08. The van der Waals surface area contributed by atoms with Crippen LogP contribution in [-0.4, -0.2) is 45.8 Å². The van der Waals surface area contributed by atoms with Gasteiger partial charge in [-0.05, 0) is 19.2 Å². The molecule has 0 bridgehead atoms. The highest BCUT2D eigenvalue weighted by Gasteiger charge is 2.22. The molecular formula is C13H21NO5S2. The van der Waals surface area contributed by atoms with Gasteiger partial charge >= 0.3 is 0 Å². The number of hydrogen-bond donors (Lipinski definition) is 2. The summed E-state index contributed by atoms with van der Waals surface area (Å²) < 4.78 is 37.6. The molecule has 0 heterocycles. The predicted molar refractivity (Wildman–Crippen MR) is 83.6 cm³/mol. The van der Waals surface area contributed by atoms with Gasteiger partial charge in [0.15, 0.2) is 11.5 Å². The Morgan fingerprint density at radius 2 is 2.00 bits per heavy atom. The molecule has 1 aromatic carbocycles. The van der Waals surface area contributed by atoms with Crippen molar-refractivity contribution in [1.29, 1.82) is 0 Å². The highest BCUT2D eigenvalue weighted by atomic mass is 32.2. The smallest absolute Gasteiger partial charge is 0.240 e. The van der Waals surface area contributed by atoms with Crippen LogP contribution < -0.4 is 14.2 Å². The summed E-state index contributed by atoms with van der Waals surface area (Å²) in [7, 11) is -0.832. The number of nitrogens with one attached hydrogen (secondary N) is 1. The van der Waals surface area contributed by atoms with E-state index in [0.29, 0.717) is 17.1 Å². The molecule has 0 aliphatic heterocycles. The van der Waals surface area contributed by atoms with Crippen molar-refractivity contribution in [2.45, 2.75) is 24.5 Å². The third-order valence-corrected chi connectivity index (χ3v) is 5.19. The molecule has 1 aromatic rings. The molecule has 2 N–H and O–H groups in total. The molecule has 0 amide bonds. The minimum absolute atomic E-state index is 0.0390. The molecule has 120 valence electrons. The van der Waals surface area contributed by atoms with Crippen LogP contribution >= 0.6 is 11.8 Å². The largest absolute Gasteiger partial charge is 0.493 e. The normalized spacial score (nSPS) is 13.0. The Morgan fingerprint density at radius 1 is 1.33 bits per heavy atom. The second-order valence-electron chi connectivity index (χ2n) is 4.45. The van der Waals surface area contributed by atoms with E-state index < -0.39 is 10.0 Å². The van der Waals surface area contributed by atoms with Crippen LogP contribution in [0.5, 0.6) is 11.5 Å². The van der Waals surface area contributed by atoms with E-state index >= 15 is 0 Å². The molecule has 0 aromatic heterocycles. The number of aliphatic hydroxyl groups excluding tert-OH is 1. The topological polar surface area (TPSA) is 84.9 Å². The number of hydrogen-bond acceptors (Lipinski definition) is 6. The van der Waals surface area contributed by atoms with E-state index in [1.807, 2.05) is 6.26 Å². The molecule has 0 saturated carbocycles. The average molecular weight is 335 g/mol. The Hall–Kier alpha value is -0.960. The van der Waals surface area contributed by atoms with Crippen molar-refractivity contribution in [3.8, 4) is 11.5 Å². The molecule has 0 saturated heterocycles. The van der Waals surface area contributed by atoms with Crippen LogP contribution in [0.15, 0.2) is 17.0 Å². The molecule has 1 rings (SSSR count). The maximum Gasteiger partial charge on any atom is 0.240 e. The summed E-state index contributed by atoms with van der Waals surface area (Å²) in [5, 5.41) is 9.37. The van der Waals surface area contributed by atoms with E-state index in [9.17, 15) is 13.5 Å². The quantitative estimate of drug-likeness (QED) is 0.743. The molecular weight excluding hydrogens is 314 g/mol. The molecule has 1 atom stereocenters. The minimum Gasteiger partial charge on any atom is -0.493 e. The summed E-state index contributed by atoms with van der Waals surface area (Å²) in [6.45, 7) is 1.45. The van der Waals surface area contributed by atoms with Crippen LogP contribution in [0.2, 0.25) is 0 Å². The summed E-state index contributed by atoms with van der Waals surface area (Å²) in [4.78, 5) is 0.0390. The van der Waals surface area contributed by atoms with Crippen molar-refractivity contribution < 1.29 is 23.0 Å². The monoisotopic (exact) mass is 335 g/mol. The molecule has 0 aliphatic carbocycles. The third kappa shape index (κ3) is 4.50. The average Bonchev–Trinajstić information content (AvgIpc) is 2.45. The summed E-state index contributed by atoms with van der Waals surface area (Å²) in [6, 6.07) is 2.57. The van der Waals surface area contributed by atoms with E-state index in [0.717, 1.165) is 0 Å². The highest BCUT2D eigenvalue weighted by Crippen LogP contribution is 2.34. The summed E-state index contributed by atoms with van der Waals surface area (Å²) >= 11 is 1.56. The predicted octanol–water partition coefficient (Wildman–Crippen LogP) is 1.23. The summed E-state index contributed by atoms with van der Waals surface area (Å²) in [5.74, 6) is 1.26. The number of methoxy groups -OCH3 is 2. The molecule has 21 heavy (non-hydrogen) atoms. The number of rotatable bonds is 8. The highest BCUT2D eigenvalue weighted by molar-refractivity contribution is 7.98. The SMILES string of the molecule is COc1cc(S(=O)(=O)NC(C)CSC)cc(CO)c1OC. The van der Waals surface area contributed by atoms with E-state index in [1.54, 1.807) is 18.7 Å². The zero-order chi connectivity index (χ0) is 16.0. The van der Waals surface area contributed by atoms with Crippen molar-refractivity contribution >= 4 is 21.8 Å². The maximum absolute atomic E-state index is 12.4. The Kier molecular flexibility index (Phi) is 6.79. The number of benzene rings is 1. The van der Waals surface area contributed by atoms with Crippen LogP contribution in [0.3, 0.4) is 0 Å². The Bertz CT molecular complexity index is 549. The standard InChI is InChI=1S/C13H21NO5S2/c1-9(8-20-4)14-21(16,17)11-5-10(7-15)13(19-3)12(6-11)18-2/h5-6,9,14-15H,7-8H2,1-4H3. The molecule has 8 heteroatoms. The van der Waals surface area contributed by atoms with Crippen molar-refractivity contribution in [2.75, 3.05) is 26.2 Å². The first kappa shape index (κ1) is 18.1. The van der Waals surface area contributed by atoms with Gasteiger partial charge in [-0.1, -0.05) is 0 Å². The van der Waals surface area contributed by atoms with Gasteiger partial charge in [0.05, 0.1) is 25.7 Å². The van der Waals surface area contributed by atoms with E-state index in [1.165, 1.54) is 26.4 Å². The zero-order valence-electron chi connectivity index (χ0n) is 12.5. The zero-order valence-corrected chi connectivity index (χ0v) is 14.2. The van der Waals surface area contributed by atoms with Crippen molar-refractivity contribution in [3.05, 3.63) is 17.7 Å². The van der Waals surface area contributed by atoms with Gasteiger partial charge in [0, 0.05) is 23.4 Å². The van der Waals surface area contributed by atoms with E-state index in [-0.39, 0.29) is 23.3 Å². The number of thioether (sulfide) groups is 1. The fraction of sp³-hybridized carbons (Fsp3) is 0.538. The lowest BCUT2D eigenvalue weighted by Gasteiger charge is -2.16. The lowest BCUT2D eigenvalue weighted by molar-refractivity contribution is 0.269. The van der Waals surface area contributed by atoms with Crippen LogP contribution in [0, 0.1) is 0 Å². The van der Waals surface area contributed by atoms with Gasteiger partial charge < -0.3 is 14.6 Å². The van der Waals surface area contributed by atoms with E-state index in [4.69, 9.17) is 9.47 Å². The first-order valence-electron chi connectivity index (χ1n) is 6.26. The van der Waals surface area contributed by atoms with Crippen molar-refractivity contribution in [2.24, 2.45) is 0 Å². The number of sulfonamides is 1. The van der Waals surface area contributed by atoms with Crippen molar-refractivity contribution in [1.82, 2.24) is 4.72 Å². The fourth-order valence-corrected chi connectivity index (χ4v) is 3.90. The minimum atomic E-state index is -3.68. The maximum atomic E-state index is 12.4. The Labute approximate surface area is 129 Å². The van der Waals surface area contributed by atoms with Gasteiger partial charge in [-0.25, -0.2) is 13.1 Å². The second kappa shape index (κ2) is 7.88. The van der Waals surface area contributed by atoms with Crippen LogP contribution in [0.1, 0.15) is 12.5 Å². The van der Waals surface area contributed by atoms with Gasteiger partial charge in [0.1, 0.15) is 0 Å². The summed E-state index contributed by atoms with van der Waals surface area (Å²) in [6.07, 6.45) is 1.91. The van der Waals surface area contributed by atoms with Crippen LogP contribution in [-0.2, 0) is 16.6 Å². The first-order valence-corrected chi connectivity index (χ1v) is 9.14. The molecule has 6 nitrogen and oxygen atoms in total. The van der Waals surface area contributed by atoms with Gasteiger partial charge in [0.2, 0.25) is 10.0 Å². The van der Waals surface area contributed by atoms with Gasteiger partial charge in [-0.15, -0.1) is 0 Å². The molecule has 0 fully saturated rings. The Morgan fingerprint density at radius 3 is 2.48 bits per heavy atom. The number of ether oxygens (including phenoxy) is 2. The fourth-order valence-electron chi connectivity index (χ4n) is 1.90. The lowest BCUT2D eigenvalue weighted by Crippen LogP contribution is -2.34. The van der Waals surface area contributed by atoms with Crippen molar-refractivity contribution in [3.63, 3.8) is 0 Å². The Balaban J connectivity index is 3.23. The van der Waals surface area contributed by atoms with Gasteiger partial charge in [-0.3, -0.25) is 0 Å². The molecule has 0 spiro atoms. The summed E-state index contributed by atoms with van der Waals surface area (Å²) in [5.41, 5.74) is 0.356. The molecule has 0 radical (unpaired) electrons. The third-order valence-electron chi connectivity index (χ3n) is 2.78. The van der Waals surface area contributed by atoms with E-state index in [2.05, 4.69) is 4.72 Å². The molecule has 0 aliphatic rings. The number of aliphatic hydroxyl groups is 1. The lowest BCUT2D eigenvalue weighted by atomic mass is 10.2. The van der Waals surface area contributed by atoms with Gasteiger partial charge in [-0.2, -0.15) is 11.8 Å². The van der Waals surface area contributed by atoms with Crippen LogP contribution in [0.25, 0.3) is 0 Å². The van der Waals surface area contributed by atoms with Crippen LogP contribution in [0.4, 0.5) is 0 Å². The first-order chi connectivity index (χ1) is 9.89. The van der Waals surface area contributed by atoms with Gasteiger partial charge in [0.25, 0.3) is 0 Å².